The molecular formula is C41H50F3N13O3. The molecule has 4 aromatic heterocycles. The molecule has 3 saturated heterocycles. The van der Waals surface area contributed by atoms with Crippen molar-refractivity contribution < 1.29 is 27.6 Å². The number of fused-ring (bicyclic) bond motifs is 2. The van der Waals surface area contributed by atoms with Crippen molar-refractivity contribution in [3.8, 4) is 0 Å². The molecule has 3 aliphatic heterocycles. The van der Waals surface area contributed by atoms with Gasteiger partial charge in [0, 0.05) is 68.7 Å². The zero-order valence-corrected chi connectivity index (χ0v) is 33.4. The Bertz CT molecular complexity index is 2390. The minimum atomic E-state index is -2.89. The third-order valence-electron chi connectivity index (χ3n) is 12.7. The molecule has 3 amide bonds. The van der Waals surface area contributed by atoms with Crippen molar-refractivity contribution in [3.05, 3.63) is 59.8 Å². The first kappa shape index (κ1) is 39.9. The van der Waals surface area contributed by atoms with Gasteiger partial charge in [-0.15, -0.1) is 0 Å². The van der Waals surface area contributed by atoms with E-state index in [1.54, 1.807) is 21.8 Å². The Labute approximate surface area is 344 Å². The van der Waals surface area contributed by atoms with Crippen LogP contribution in [0.25, 0.3) is 16.6 Å². The zero-order valence-electron chi connectivity index (χ0n) is 33.4. The van der Waals surface area contributed by atoms with E-state index < -0.39 is 30.1 Å². The van der Waals surface area contributed by atoms with Gasteiger partial charge in [-0.3, -0.25) is 29.1 Å². The molecule has 9 rings (SSSR count). The van der Waals surface area contributed by atoms with Gasteiger partial charge in [-0.05, 0) is 88.1 Å². The van der Waals surface area contributed by atoms with Crippen LogP contribution in [0, 0.1) is 5.92 Å². The van der Waals surface area contributed by atoms with Crippen LogP contribution in [-0.4, -0.2) is 103 Å². The standard InChI is InChI=1S/C41H50F3N13O3/c1-53-33-17-28(6-7-29(33)36(51-53)30-8-9-35(58)50-40(30)59)54-13-10-26(11-14-54)46-18-23-2-4-27(5-3-23)57-22-32(37(52-57)38(43)44)48-41(60)31-19-47-56-15-12-34(49-39(31)56)55-20-24(42)16-25(45)21-55/h6-7,12,15,17,19,22-27,30,38,46H,2-5,8-11,13-14,16,18,20-21,45H2,1H3,(H,48,60)(H,50,58,59)/t23?,24-,25-,27?,30?/m1/s1. The van der Waals surface area contributed by atoms with Crippen LogP contribution in [-0.2, 0) is 16.6 Å². The second-order valence-corrected chi connectivity index (χ2v) is 16.8. The van der Waals surface area contributed by atoms with E-state index in [1.807, 2.05) is 17.8 Å². The molecule has 0 spiro atoms. The van der Waals surface area contributed by atoms with E-state index in [9.17, 15) is 27.6 Å². The lowest BCUT2D eigenvalue weighted by atomic mass is 9.85. The summed E-state index contributed by atoms with van der Waals surface area (Å²) >= 11 is 0. The maximum absolute atomic E-state index is 14.3. The quantitative estimate of drug-likeness (QED) is 0.147. The number of hydrogen-bond acceptors (Lipinski definition) is 11. The second-order valence-electron chi connectivity index (χ2n) is 16.8. The number of hydrogen-bond donors (Lipinski definition) is 4. The first-order valence-corrected chi connectivity index (χ1v) is 20.9. The lowest BCUT2D eigenvalue weighted by Crippen LogP contribution is -2.48. The van der Waals surface area contributed by atoms with Gasteiger partial charge in [0.15, 0.2) is 11.3 Å². The van der Waals surface area contributed by atoms with Crippen molar-refractivity contribution >= 4 is 51.5 Å². The molecule has 1 unspecified atom stereocenters. The van der Waals surface area contributed by atoms with Gasteiger partial charge in [0.25, 0.3) is 12.3 Å². The van der Waals surface area contributed by atoms with E-state index in [2.05, 4.69) is 53.3 Å². The molecule has 4 fully saturated rings. The average molecular weight is 830 g/mol. The Morgan fingerprint density at radius 1 is 1.02 bits per heavy atom. The smallest absolute Gasteiger partial charge is 0.284 e. The SMILES string of the molecule is Cn1nc(C2CCC(=O)NC2=O)c2ccc(N3CCC(NCC4CCC(n5cc(NC(=O)c6cnn7ccc(N8C[C@H](N)C[C@@H](F)C8)nc67)c(C(F)F)n5)CC4)CC3)cc21. The Balaban J connectivity index is 0.768. The van der Waals surface area contributed by atoms with E-state index in [1.165, 1.54) is 16.9 Å². The summed E-state index contributed by atoms with van der Waals surface area (Å²) in [5.74, 6) is -0.697. The maximum Gasteiger partial charge on any atom is 0.284 e. The zero-order chi connectivity index (χ0) is 41.7. The van der Waals surface area contributed by atoms with E-state index in [0.29, 0.717) is 42.9 Å². The van der Waals surface area contributed by atoms with Crippen molar-refractivity contribution in [2.75, 3.05) is 47.8 Å². The van der Waals surface area contributed by atoms with Gasteiger partial charge in [0.2, 0.25) is 11.8 Å². The molecule has 0 bridgehead atoms. The van der Waals surface area contributed by atoms with Crippen LogP contribution in [0.15, 0.2) is 42.9 Å². The van der Waals surface area contributed by atoms with Crippen LogP contribution in [0.5, 0.6) is 0 Å². The highest BCUT2D eigenvalue weighted by Gasteiger charge is 2.33. The van der Waals surface area contributed by atoms with Gasteiger partial charge in [0.05, 0.1) is 41.6 Å². The van der Waals surface area contributed by atoms with E-state index in [4.69, 9.17) is 5.73 Å². The molecule has 5 N–H and O–H groups in total. The number of halogens is 3. The number of nitrogens with zero attached hydrogens (tertiary/aromatic N) is 9. The average Bonchev–Trinajstić information content (AvgIpc) is 3.95. The predicted octanol–water partition coefficient (Wildman–Crippen LogP) is 4.39. The number of amides is 3. The molecule has 318 valence electrons. The van der Waals surface area contributed by atoms with E-state index in [-0.39, 0.29) is 53.8 Å². The fourth-order valence-electron chi connectivity index (χ4n) is 9.47. The topological polar surface area (TPSA) is 186 Å². The number of alkyl halides is 3. The third-order valence-corrected chi connectivity index (χ3v) is 12.7. The molecule has 4 aliphatic rings. The largest absolute Gasteiger partial charge is 0.371 e. The van der Waals surface area contributed by atoms with Crippen LogP contribution in [0.1, 0.15) is 97.9 Å². The molecule has 5 aromatic rings. The molecule has 1 aliphatic carbocycles. The Morgan fingerprint density at radius 3 is 2.57 bits per heavy atom. The minimum absolute atomic E-state index is 0.0554. The maximum atomic E-state index is 14.3. The first-order valence-electron chi connectivity index (χ1n) is 20.9. The number of nitrogens with one attached hydrogen (secondary N) is 3. The van der Waals surface area contributed by atoms with Crippen molar-refractivity contribution in [1.82, 2.24) is 44.8 Å². The van der Waals surface area contributed by atoms with Gasteiger partial charge in [-0.25, -0.2) is 22.7 Å². The highest BCUT2D eigenvalue weighted by molar-refractivity contribution is 6.08. The molecule has 16 nitrogen and oxygen atoms in total. The number of carbonyl (C=O) groups excluding carboxylic acids is 3. The number of aromatic nitrogens is 7. The molecular weight excluding hydrogens is 780 g/mol. The molecule has 7 heterocycles. The Kier molecular flexibility index (Phi) is 11.0. The van der Waals surface area contributed by atoms with Gasteiger partial charge in [0.1, 0.15) is 17.6 Å². The molecule has 1 aromatic carbocycles. The molecule has 60 heavy (non-hydrogen) atoms. The summed E-state index contributed by atoms with van der Waals surface area (Å²) in [6.45, 7) is 3.25. The van der Waals surface area contributed by atoms with Gasteiger partial charge < -0.3 is 26.2 Å². The number of piperidine rings is 3. The van der Waals surface area contributed by atoms with Gasteiger partial charge in [-0.1, -0.05) is 0 Å². The van der Waals surface area contributed by atoms with E-state index >= 15 is 0 Å². The van der Waals surface area contributed by atoms with Crippen LogP contribution in [0.2, 0.25) is 0 Å². The summed E-state index contributed by atoms with van der Waals surface area (Å²) in [6.07, 6.45) is 6.92. The number of benzene rings is 1. The Morgan fingerprint density at radius 2 is 1.82 bits per heavy atom. The number of anilines is 3. The summed E-state index contributed by atoms with van der Waals surface area (Å²) in [5, 5.41) is 23.0. The molecule has 3 atom stereocenters. The lowest BCUT2D eigenvalue weighted by molar-refractivity contribution is -0.134. The van der Waals surface area contributed by atoms with Crippen molar-refractivity contribution in [2.45, 2.75) is 94.4 Å². The number of carbonyl (C=O) groups is 3. The van der Waals surface area contributed by atoms with Crippen LogP contribution in [0.3, 0.4) is 0 Å². The van der Waals surface area contributed by atoms with Gasteiger partial charge in [-0.2, -0.15) is 15.3 Å². The highest BCUT2D eigenvalue weighted by atomic mass is 19.3. The lowest BCUT2D eigenvalue weighted by Gasteiger charge is -2.35. The fourth-order valence-corrected chi connectivity index (χ4v) is 9.47. The molecule has 0 radical (unpaired) electrons. The van der Waals surface area contributed by atoms with Crippen molar-refractivity contribution in [3.63, 3.8) is 0 Å². The molecule has 19 heteroatoms. The van der Waals surface area contributed by atoms with Crippen molar-refractivity contribution in [1.29, 1.82) is 0 Å². The van der Waals surface area contributed by atoms with Crippen LogP contribution >= 0.6 is 0 Å². The second kappa shape index (κ2) is 16.5. The molecule has 1 saturated carbocycles. The van der Waals surface area contributed by atoms with Crippen LogP contribution < -0.4 is 31.5 Å². The summed E-state index contributed by atoms with van der Waals surface area (Å²) in [6, 6.07) is 7.93. The monoisotopic (exact) mass is 829 g/mol. The summed E-state index contributed by atoms with van der Waals surface area (Å²) < 4.78 is 47.6. The Hall–Kier alpha value is -5.56. The summed E-state index contributed by atoms with van der Waals surface area (Å²) in [7, 11) is 1.88. The summed E-state index contributed by atoms with van der Waals surface area (Å²) in [5.41, 5.74) is 8.58. The number of rotatable bonds is 10. The fraction of sp³-hybridized carbons (Fsp3) is 0.537. The normalized spacial score (nSPS) is 24.5. The third kappa shape index (κ3) is 8.03. The highest BCUT2D eigenvalue weighted by Crippen LogP contribution is 2.36. The first-order chi connectivity index (χ1) is 29.0. The van der Waals surface area contributed by atoms with Crippen molar-refractivity contribution in [2.24, 2.45) is 18.7 Å². The number of imide groups is 1. The van der Waals surface area contributed by atoms with E-state index in [0.717, 1.165) is 74.7 Å². The summed E-state index contributed by atoms with van der Waals surface area (Å²) in [4.78, 5) is 46.4. The predicted molar refractivity (Wildman–Crippen MR) is 218 cm³/mol. The number of aryl methyl sites for hydroxylation is 1. The van der Waals surface area contributed by atoms with Crippen LogP contribution in [0.4, 0.5) is 30.4 Å². The number of nitrogens with two attached hydrogens (primary N) is 1. The minimum Gasteiger partial charge on any atom is -0.371 e. The van der Waals surface area contributed by atoms with Gasteiger partial charge >= 0.3 is 0 Å².